The molecule has 0 fully saturated rings. The Balaban J connectivity index is 2.03. The van der Waals surface area contributed by atoms with E-state index in [0.29, 0.717) is 18.4 Å². The Kier molecular flexibility index (Phi) is 7.11. The lowest BCUT2D eigenvalue weighted by Crippen LogP contribution is -2.34. The van der Waals surface area contributed by atoms with Gasteiger partial charge in [-0.15, -0.1) is 0 Å². The molecule has 1 N–H and O–H groups in total. The number of amides is 1. The Labute approximate surface area is 165 Å². The topological polar surface area (TPSA) is 56.2 Å². The number of nitrogens with one attached hydrogen (secondary N) is 1. The van der Waals surface area contributed by atoms with Crippen molar-refractivity contribution in [1.82, 2.24) is 15.1 Å². The van der Waals surface area contributed by atoms with Crippen LogP contribution in [0.3, 0.4) is 0 Å². The number of alkyl carbamates (subject to hydrolysis) is 1. The maximum atomic E-state index is 13.1. The number of halogens is 2. The van der Waals surface area contributed by atoms with Crippen molar-refractivity contribution in [2.24, 2.45) is 0 Å². The first-order valence-electron chi connectivity index (χ1n) is 8.22. The average Bonchev–Trinajstić information content (AvgIpc) is 2.83. The highest BCUT2D eigenvalue weighted by Gasteiger charge is 2.18. The van der Waals surface area contributed by atoms with Crippen molar-refractivity contribution >= 4 is 33.8 Å². The van der Waals surface area contributed by atoms with Gasteiger partial charge in [-0.05, 0) is 52.0 Å². The molecule has 1 aromatic heterocycles. The van der Waals surface area contributed by atoms with Gasteiger partial charge in [0.15, 0.2) is 0 Å². The summed E-state index contributed by atoms with van der Waals surface area (Å²) in [4.78, 5) is 13.7. The van der Waals surface area contributed by atoms with Crippen molar-refractivity contribution in [3.05, 3.63) is 41.5 Å². The van der Waals surface area contributed by atoms with E-state index < -0.39 is 11.7 Å². The second kappa shape index (κ2) is 8.90. The summed E-state index contributed by atoms with van der Waals surface area (Å²) in [6, 6.07) is 6.39. The van der Waals surface area contributed by atoms with Crippen molar-refractivity contribution in [3.8, 4) is 0 Å². The van der Waals surface area contributed by atoms with Crippen LogP contribution in [0.1, 0.15) is 32.2 Å². The molecule has 0 saturated carbocycles. The minimum Gasteiger partial charge on any atom is -0.444 e. The highest BCUT2D eigenvalue weighted by molar-refractivity contribution is 9.08. The summed E-state index contributed by atoms with van der Waals surface area (Å²) in [5, 5.41) is 7.93. The number of hydrogen-bond acceptors (Lipinski definition) is 4. The van der Waals surface area contributed by atoms with E-state index in [-0.39, 0.29) is 5.82 Å². The molecule has 0 unspecified atom stereocenters. The fourth-order valence-electron chi connectivity index (χ4n) is 2.26. The number of carbonyl (C=O) groups is 1. The number of rotatable bonds is 6. The average molecular weight is 444 g/mol. The maximum absolute atomic E-state index is 13.1. The van der Waals surface area contributed by atoms with Crippen LogP contribution in [0.25, 0.3) is 0 Å². The highest BCUT2D eigenvalue weighted by atomic mass is 79.9. The summed E-state index contributed by atoms with van der Waals surface area (Å²) >= 11 is 5.06. The van der Waals surface area contributed by atoms with Crippen LogP contribution in [0.15, 0.2) is 34.1 Å². The minimum atomic E-state index is -0.521. The van der Waals surface area contributed by atoms with E-state index in [1.807, 2.05) is 32.4 Å². The molecule has 1 amide bonds. The molecule has 0 bridgehead atoms. The van der Waals surface area contributed by atoms with E-state index in [1.54, 1.807) is 23.9 Å². The molecule has 0 spiro atoms. The Morgan fingerprint density at radius 3 is 2.58 bits per heavy atom. The number of ether oxygens (including phenoxy) is 1. The molecule has 5 nitrogen and oxygen atoms in total. The van der Waals surface area contributed by atoms with Crippen molar-refractivity contribution in [2.75, 3.05) is 6.54 Å². The van der Waals surface area contributed by atoms with Crippen molar-refractivity contribution in [1.29, 1.82) is 0 Å². The van der Waals surface area contributed by atoms with Crippen molar-refractivity contribution < 1.29 is 13.9 Å². The van der Waals surface area contributed by atoms with Gasteiger partial charge >= 0.3 is 6.09 Å². The number of hydrogen-bond donors (Lipinski definition) is 1. The molecule has 2 aromatic rings. The van der Waals surface area contributed by atoms with Crippen LogP contribution < -0.4 is 5.32 Å². The molecule has 0 radical (unpaired) electrons. The highest BCUT2D eigenvalue weighted by Crippen LogP contribution is 2.34. The minimum absolute atomic E-state index is 0.254. The van der Waals surface area contributed by atoms with E-state index in [4.69, 9.17) is 4.74 Å². The van der Waals surface area contributed by atoms with Gasteiger partial charge < -0.3 is 10.1 Å². The zero-order valence-electron chi connectivity index (χ0n) is 15.3. The monoisotopic (exact) mass is 443 g/mol. The van der Waals surface area contributed by atoms with Crippen LogP contribution in [-0.4, -0.2) is 28.0 Å². The van der Waals surface area contributed by atoms with Crippen LogP contribution in [0.5, 0.6) is 0 Å². The smallest absolute Gasteiger partial charge is 0.407 e. The molecule has 1 aromatic carbocycles. The fraction of sp³-hybridized carbons (Fsp3) is 0.444. The van der Waals surface area contributed by atoms with Gasteiger partial charge in [-0.1, -0.05) is 27.7 Å². The summed E-state index contributed by atoms with van der Waals surface area (Å²) in [7, 11) is 0. The Morgan fingerprint density at radius 1 is 1.35 bits per heavy atom. The van der Waals surface area contributed by atoms with Crippen molar-refractivity contribution in [3.63, 3.8) is 0 Å². The first-order chi connectivity index (χ1) is 12.2. The second-order valence-electron chi connectivity index (χ2n) is 6.70. The predicted octanol–water partition coefficient (Wildman–Crippen LogP) is 4.90. The third kappa shape index (κ3) is 6.02. The van der Waals surface area contributed by atoms with Crippen LogP contribution >= 0.6 is 27.7 Å². The first kappa shape index (κ1) is 20.8. The van der Waals surface area contributed by atoms with Crippen LogP contribution in [0.4, 0.5) is 9.18 Å². The molecular formula is C18H23BrFN3O2S. The number of carbonyl (C=O) groups excluding carboxylic acids is 1. The quantitative estimate of drug-likeness (QED) is 0.644. The maximum Gasteiger partial charge on any atom is 0.407 e. The molecule has 0 aliphatic carbocycles. The van der Waals surface area contributed by atoms with Gasteiger partial charge in [-0.25, -0.2) is 9.18 Å². The summed E-state index contributed by atoms with van der Waals surface area (Å²) in [5.74, 6) is -0.254. The lowest BCUT2D eigenvalue weighted by molar-refractivity contribution is 0.0525. The Bertz CT molecular complexity index is 757. The van der Waals surface area contributed by atoms with Crippen LogP contribution in [0, 0.1) is 12.7 Å². The number of aromatic nitrogens is 2. The van der Waals surface area contributed by atoms with E-state index in [1.165, 1.54) is 12.1 Å². The summed E-state index contributed by atoms with van der Waals surface area (Å²) in [5.41, 5.74) is 1.39. The van der Waals surface area contributed by atoms with Crippen LogP contribution in [-0.2, 0) is 16.6 Å². The molecule has 8 heteroatoms. The van der Waals surface area contributed by atoms with E-state index in [9.17, 15) is 9.18 Å². The first-order valence-corrected chi connectivity index (χ1v) is 10.2. The third-order valence-corrected chi connectivity index (χ3v) is 5.10. The van der Waals surface area contributed by atoms with Gasteiger partial charge in [0.05, 0.1) is 22.8 Å². The Hall–Kier alpha value is -1.54. The van der Waals surface area contributed by atoms with Gasteiger partial charge in [0.25, 0.3) is 0 Å². The normalized spacial score (nSPS) is 11.5. The van der Waals surface area contributed by atoms with Gasteiger partial charge in [0.1, 0.15) is 11.4 Å². The number of aryl methyl sites for hydroxylation is 1. The second-order valence-corrected chi connectivity index (χ2v) is 8.35. The number of alkyl halides is 1. The number of nitrogens with zero attached hydrogens (tertiary/aromatic N) is 2. The Morgan fingerprint density at radius 2 is 2.00 bits per heavy atom. The summed E-state index contributed by atoms with van der Waals surface area (Å²) < 4.78 is 20.2. The molecule has 0 saturated heterocycles. The van der Waals surface area contributed by atoms with Crippen LogP contribution in [0.2, 0.25) is 0 Å². The van der Waals surface area contributed by atoms with Gasteiger partial charge in [-0.3, -0.25) is 4.68 Å². The zero-order valence-corrected chi connectivity index (χ0v) is 17.7. The third-order valence-electron chi connectivity index (χ3n) is 3.32. The molecular weight excluding hydrogens is 421 g/mol. The van der Waals surface area contributed by atoms with Gasteiger partial charge in [0, 0.05) is 16.8 Å². The zero-order chi connectivity index (χ0) is 19.3. The molecule has 0 atom stereocenters. The summed E-state index contributed by atoms with van der Waals surface area (Å²) in [6.45, 7) is 8.36. The standard InChI is InChI=1S/C18H23BrFN3O2S/c1-12-16(26-14-7-5-13(20)6-8-14)15(11-19)23(22-12)10-9-21-17(24)25-18(2,3)4/h5-8H,9-11H2,1-4H3,(H,21,24). The lowest BCUT2D eigenvalue weighted by Gasteiger charge is -2.19. The SMILES string of the molecule is Cc1nn(CCNC(=O)OC(C)(C)C)c(CBr)c1Sc1ccc(F)cc1. The van der Waals surface area contributed by atoms with Gasteiger partial charge in [-0.2, -0.15) is 5.10 Å². The van der Waals surface area contributed by atoms with Crippen molar-refractivity contribution in [2.45, 2.75) is 55.0 Å². The van der Waals surface area contributed by atoms with E-state index >= 15 is 0 Å². The van der Waals surface area contributed by atoms with E-state index in [2.05, 4.69) is 26.3 Å². The lowest BCUT2D eigenvalue weighted by atomic mass is 10.2. The molecule has 26 heavy (non-hydrogen) atoms. The predicted molar refractivity (Wildman–Crippen MR) is 104 cm³/mol. The van der Waals surface area contributed by atoms with E-state index in [0.717, 1.165) is 21.2 Å². The molecule has 1 heterocycles. The molecule has 0 aliphatic heterocycles. The van der Waals surface area contributed by atoms with Gasteiger partial charge in [0.2, 0.25) is 0 Å². The largest absolute Gasteiger partial charge is 0.444 e. The summed E-state index contributed by atoms with van der Waals surface area (Å²) in [6.07, 6.45) is -0.442. The molecule has 0 aliphatic rings. The fourth-order valence-corrected chi connectivity index (χ4v) is 4.01. The number of benzene rings is 1. The molecule has 2 rings (SSSR count). The molecule has 142 valence electrons.